The lowest BCUT2D eigenvalue weighted by Crippen LogP contribution is -2.47. The van der Waals surface area contributed by atoms with Crippen LogP contribution in [0.25, 0.3) is 12.2 Å². The molecule has 5 rings (SSSR count). The third-order valence-electron chi connectivity index (χ3n) is 5.32. The van der Waals surface area contributed by atoms with E-state index in [0.29, 0.717) is 12.3 Å². The van der Waals surface area contributed by atoms with Crippen LogP contribution in [0.1, 0.15) is 29.5 Å². The summed E-state index contributed by atoms with van der Waals surface area (Å²) < 4.78 is 49.4. The van der Waals surface area contributed by atoms with Crippen molar-refractivity contribution >= 4 is 18.1 Å². The maximum absolute atomic E-state index is 12.8. The van der Waals surface area contributed by atoms with Gasteiger partial charge in [-0.05, 0) is 47.0 Å². The fourth-order valence-corrected chi connectivity index (χ4v) is 3.80. The number of carbonyl (C=O) groups is 1. The number of hydrogen-bond acceptors (Lipinski definition) is 4. The average molecular weight is 415 g/mol. The summed E-state index contributed by atoms with van der Waals surface area (Å²) in [6.45, 7) is 0.497. The van der Waals surface area contributed by atoms with E-state index < -0.39 is 17.7 Å². The van der Waals surface area contributed by atoms with Crippen molar-refractivity contribution in [2.45, 2.75) is 30.7 Å². The molecule has 2 heterocycles. The van der Waals surface area contributed by atoms with Crippen LogP contribution in [0.3, 0.4) is 0 Å². The normalized spacial score (nSPS) is 24.3. The van der Waals surface area contributed by atoms with Crippen LogP contribution in [0, 0.1) is 0 Å². The smallest absolute Gasteiger partial charge is 0.416 e. The first-order valence-corrected chi connectivity index (χ1v) is 9.52. The molecule has 1 saturated carbocycles. The van der Waals surface area contributed by atoms with E-state index in [9.17, 15) is 18.0 Å². The molecule has 0 amide bonds. The van der Waals surface area contributed by atoms with Gasteiger partial charge in [-0.25, -0.2) is 4.79 Å². The standard InChI is InChI=1S/C23H20F3NO3/c24-23(25,26)18-5-1-3-15(10-18)7-8-21(28)29-19-6-2-4-16(11-19)9-17-12-22(14-27)13-20(17)30-22/h1-11,20H,12-14,27H2/b8-7+,17-9+. The van der Waals surface area contributed by atoms with Gasteiger partial charge in [0.25, 0.3) is 0 Å². The number of rotatable bonds is 5. The van der Waals surface area contributed by atoms with Crippen LogP contribution >= 0.6 is 0 Å². The number of halogens is 3. The van der Waals surface area contributed by atoms with E-state index in [-0.39, 0.29) is 17.3 Å². The highest BCUT2D eigenvalue weighted by molar-refractivity contribution is 5.88. The molecule has 2 atom stereocenters. The van der Waals surface area contributed by atoms with E-state index >= 15 is 0 Å². The summed E-state index contributed by atoms with van der Waals surface area (Å²) in [5, 5.41) is 0. The Kier molecular flexibility index (Phi) is 5.26. The molecule has 7 heteroatoms. The Hall–Kier alpha value is -2.90. The molecule has 2 aromatic carbocycles. The van der Waals surface area contributed by atoms with Gasteiger partial charge in [0.1, 0.15) is 5.75 Å². The molecule has 30 heavy (non-hydrogen) atoms. The maximum Gasteiger partial charge on any atom is 0.416 e. The highest BCUT2D eigenvalue weighted by Gasteiger charge is 2.53. The van der Waals surface area contributed by atoms with Crippen LogP contribution in [0.5, 0.6) is 5.75 Å². The van der Waals surface area contributed by atoms with Gasteiger partial charge in [-0.2, -0.15) is 13.2 Å². The van der Waals surface area contributed by atoms with Gasteiger partial charge in [-0.15, -0.1) is 0 Å². The van der Waals surface area contributed by atoms with Crippen LogP contribution in [0.2, 0.25) is 0 Å². The molecule has 0 aromatic heterocycles. The second kappa shape index (κ2) is 7.74. The molecule has 2 aliphatic heterocycles. The van der Waals surface area contributed by atoms with Crippen LogP contribution in [-0.2, 0) is 15.7 Å². The number of benzene rings is 2. The van der Waals surface area contributed by atoms with Crippen LogP contribution < -0.4 is 10.5 Å². The zero-order chi connectivity index (χ0) is 21.4. The Morgan fingerprint density at radius 3 is 2.63 bits per heavy atom. The van der Waals surface area contributed by atoms with Crippen molar-refractivity contribution in [2.24, 2.45) is 5.73 Å². The van der Waals surface area contributed by atoms with E-state index in [1.807, 2.05) is 12.1 Å². The first kappa shape index (κ1) is 20.4. The van der Waals surface area contributed by atoms with E-state index in [4.69, 9.17) is 15.2 Å². The molecule has 2 saturated heterocycles. The molecule has 1 aliphatic carbocycles. The zero-order valence-electron chi connectivity index (χ0n) is 16.0. The number of esters is 1. The van der Waals surface area contributed by atoms with Crippen molar-refractivity contribution in [3.05, 3.63) is 76.9 Å². The summed E-state index contributed by atoms with van der Waals surface area (Å²) in [7, 11) is 0. The highest BCUT2D eigenvalue weighted by atomic mass is 19.4. The summed E-state index contributed by atoms with van der Waals surface area (Å²) in [6, 6.07) is 11.8. The van der Waals surface area contributed by atoms with E-state index in [1.54, 1.807) is 18.2 Å². The number of fused-ring (bicyclic) bond motifs is 1. The second-order valence-corrected chi connectivity index (χ2v) is 7.54. The Balaban J connectivity index is 1.41. The summed E-state index contributed by atoms with van der Waals surface area (Å²) in [5.74, 6) is -0.325. The lowest BCUT2D eigenvalue weighted by Gasteiger charge is -2.37. The van der Waals surface area contributed by atoms with E-state index in [1.165, 1.54) is 23.8 Å². The van der Waals surface area contributed by atoms with Gasteiger partial charge in [0, 0.05) is 25.5 Å². The lowest BCUT2D eigenvalue weighted by molar-refractivity contribution is -0.139. The van der Waals surface area contributed by atoms with Crippen molar-refractivity contribution in [2.75, 3.05) is 6.54 Å². The number of nitrogens with two attached hydrogens (primary N) is 1. The van der Waals surface area contributed by atoms with E-state index in [2.05, 4.69) is 0 Å². The monoisotopic (exact) mass is 415 g/mol. The zero-order valence-corrected chi connectivity index (χ0v) is 16.0. The molecule has 4 nitrogen and oxygen atoms in total. The van der Waals surface area contributed by atoms with Gasteiger partial charge >= 0.3 is 12.1 Å². The third kappa shape index (κ3) is 4.32. The fraction of sp³-hybridized carbons (Fsp3) is 0.261. The SMILES string of the molecule is NCC12C/C(=C\c3cccc(OC(=O)/C=C/c4cccc(C(F)(F)F)c4)c3)C(C1)O2. The molecule has 2 aromatic rings. The largest absolute Gasteiger partial charge is 0.423 e. The maximum atomic E-state index is 12.8. The first-order chi connectivity index (χ1) is 14.3. The minimum atomic E-state index is -4.44. The Morgan fingerprint density at radius 2 is 1.93 bits per heavy atom. The lowest BCUT2D eigenvalue weighted by atomic mass is 9.98. The molecule has 3 fully saturated rings. The topological polar surface area (TPSA) is 61.5 Å². The van der Waals surface area contributed by atoms with Gasteiger partial charge in [-0.1, -0.05) is 30.3 Å². The Morgan fingerprint density at radius 1 is 1.20 bits per heavy atom. The van der Waals surface area contributed by atoms with Crippen molar-refractivity contribution in [1.82, 2.24) is 0 Å². The summed E-state index contributed by atoms with van der Waals surface area (Å²) in [5.41, 5.74) is 7.09. The van der Waals surface area contributed by atoms with E-state index in [0.717, 1.165) is 36.6 Å². The predicted octanol–water partition coefficient (Wildman–Crippen LogP) is 4.60. The molecule has 0 radical (unpaired) electrons. The van der Waals surface area contributed by atoms with Crippen molar-refractivity contribution in [3.8, 4) is 5.75 Å². The molecular formula is C23H20F3NO3. The highest BCUT2D eigenvalue weighted by Crippen LogP contribution is 2.50. The molecule has 2 bridgehead atoms. The van der Waals surface area contributed by atoms with Crippen LogP contribution in [0.4, 0.5) is 13.2 Å². The summed E-state index contributed by atoms with van der Waals surface area (Å²) >= 11 is 0. The molecule has 2 unspecified atom stereocenters. The number of alkyl halides is 3. The van der Waals surface area contributed by atoms with Gasteiger partial charge in [0.05, 0.1) is 17.3 Å². The summed E-state index contributed by atoms with van der Waals surface area (Å²) in [4.78, 5) is 12.1. The molecular weight excluding hydrogens is 395 g/mol. The van der Waals surface area contributed by atoms with Crippen LogP contribution in [-0.4, -0.2) is 24.2 Å². The minimum absolute atomic E-state index is 0.107. The fourth-order valence-electron chi connectivity index (χ4n) is 3.80. The van der Waals surface area contributed by atoms with Gasteiger partial charge in [0.2, 0.25) is 0 Å². The number of ether oxygens (including phenoxy) is 2. The van der Waals surface area contributed by atoms with Crippen molar-refractivity contribution in [3.63, 3.8) is 0 Å². The second-order valence-electron chi connectivity index (χ2n) is 7.54. The van der Waals surface area contributed by atoms with Crippen molar-refractivity contribution in [1.29, 1.82) is 0 Å². The predicted molar refractivity (Wildman–Crippen MR) is 106 cm³/mol. The van der Waals surface area contributed by atoms with Crippen molar-refractivity contribution < 1.29 is 27.4 Å². The third-order valence-corrected chi connectivity index (χ3v) is 5.32. The quantitative estimate of drug-likeness (QED) is 0.441. The summed E-state index contributed by atoms with van der Waals surface area (Å²) in [6.07, 6.45) is 1.82. The average Bonchev–Trinajstić information content (AvgIpc) is 3.20. The number of carbonyl (C=O) groups excluding carboxylic acids is 1. The molecule has 156 valence electrons. The van der Waals surface area contributed by atoms with Gasteiger partial charge in [0.15, 0.2) is 0 Å². The number of hydrogen-bond donors (Lipinski definition) is 1. The van der Waals surface area contributed by atoms with Gasteiger partial charge in [-0.3, -0.25) is 0 Å². The molecule has 2 N–H and O–H groups in total. The Labute approximate surface area is 171 Å². The van der Waals surface area contributed by atoms with Crippen LogP contribution in [0.15, 0.2) is 60.2 Å². The first-order valence-electron chi connectivity index (χ1n) is 9.52. The molecule has 0 spiro atoms. The minimum Gasteiger partial charge on any atom is -0.423 e. The van der Waals surface area contributed by atoms with Gasteiger partial charge < -0.3 is 15.2 Å². The molecule has 3 aliphatic rings. The Bertz CT molecular complexity index is 1020.